The monoisotopic (exact) mass is 376 g/mol. The number of hydrogen-bond donors (Lipinski definition) is 1. The molecule has 0 aromatic heterocycles. The molecule has 4 nitrogen and oxygen atoms in total. The first-order valence-electron chi connectivity index (χ1n) is 10.4. The van der Waals surface area contributed by atoms with Crippen LogP contribution in [0.3, 0.4) is 0 Å². The summed E-state index contributed by atoms with van der Waals surface area (Å²) >= 11 is 0. The molecule has 1 N–H and O–H groups in total. The molecule has 0 radical (unpaired) electrons. The van der Waals surface area contributed by atoms with Crippen molar-refractivity contribution in [1.82, 2.24) is 9.62 Å². The fourth-order valence-electron chi connectivity index (χ4n) is 6.04. The second kappa shape index (κ2) is 7.25. The third-order valence-corrected chi connectivity index (χ3v) is 9.33. The normalized spacial score (nSPS) is 33.1. The maximum absolute atomic E-state index is 12.6. The van der Waals surface area contributed by atoms with Gasteiger partial charge in [0.15, 0.2) is 0 Å². The van der Waals surface area contributed by atoms with E-state index in [1.165, 1.54) is 42.0 Å². The molecule has 3 saturated carbocycles. The SMILES string of the molecule is CCN(CC)S(=O)(=O)c1ccc(CN[C@@H]2C[C@H]3C[C@@H]2[C@H]2CCC[C@H]32)cc1. The quantitative estimate of drug-likeness (QED) is 0.790. The Balaban J connectivity index is 1.37. The lowest BCUT2D eigenvalue weighted by Crippen LogP contribution is -2.38. The van der Waals surface area contributed by atoms with E-state index in [1.54, 1.807) is 12.1 Å². The van der Waals surface area contributed by atoms with Gasteiger partial charge in [-0.05, 0) is 67.1 Å². The second-order valence-corrected chi connectivity index (χ2v) is 10.3. The molecule has 1 aromatic rings. The standard InChI is InChI=1S/C21H32N2O2S/c1-3-23(4-2)26(24,25)17-10-8-15(9-11-17)14-22-21-13-16-12-20(21)19-7-5-6-18(16)19/h8-11,16,18-22H,3-7,12-14H2,1-2H3/t16-,18-,19+,20-,21-/m1/s1. The minimum absolute atomic E-state index is 0.402. The predicted molar refractivity (Wildman–Crippen MR) is 104 cm³/mol. The predicted octanol–water partition coefficient (Wildman–Crippen LogP) is 3.63. The van der Waals surface area contributed by atoms with Crippen LogP contribution in [0.25, 0.3) is 0 Å². The summed E-state index contributed by atoms with van der Waals surface area (Å²) in [5, 5.41) is 3.79. The third kappa shape index (κ3) is 3.12. The van der Waals surface area contributed by atoms with Gasteiger partial charge in [-0.25, -0.2) is 8.42 Å². The largest absolute Gasteiger partial charge is 0.310 e. The molecular weight excluding hydrogens is 344 g/mol. The van der Waals surface area contributed by atoms with Crippen LogP contribution in [-0.2, 0) is 16.6 Å². The van der Waals surface area contributed by atoms with E-state index in [0.717, 1.165) is 30.2 Å². The zero-order valence-corrected chi connectivity index (χ0v) is 16.8. The van der Waals surface area contributed by atoms with E-state index >= 15 is 0 Å². The smallest absolute Gasteiger partial charge is 0.243 e. The average molecular weight is 377 g/mol. The van der Waals surface area contributed by atoms with Crippen LogP contribution in [0, 0.1) is 23.7 Å². The van der Waals surface area contributed by atoms with Crippen molar-refractivity contribution in [1.29, 1.82) is 0 Å². The minimum Gasteiger partial charge on any atom is -0.310 e. The van der Waals surface area contributed by atoms with Gasteiger partial charge in [-0.1, -0.05) is 32.4 Å². The number of fused-ring (bicyclic) bond motifs is 5. The molecule has 2 bridgehead atoms. The number of sulfonamides is 1. The Morgan fingerprint density at radius 2 is 1.69 bits per heavy atom. The van der Waals surface area contributed by atoms with Crippen molar-refractivity contribution in [2.24, 2.45) is 23.7 Å². The fourth-order valence-corrected chi connectivity index (χ4v) is 7.50. The fraction of sp³-hybridized carbons (Fsp3) is 0.714. The number of nitrogens with zero attached hydrogens (tertiary/aromatic N) is 1. The third-order valence-electron chi connectivity index (χ3n) is 7.26. The van der Waals surface area contributed by atoms with Crippen LogP contribution < -0.4 is 5.32 Å². The van der Waals surface area contributed by atoms with Gasteiger partial charge in [0.25, 0.3) is 0 Å². The number of benzene rings is 1. The topological polar surface area (TPSA) is 49.4 Å². The van der Waals surface area contributed by atoms with Gasteiger partial charge in [-0.2, -0.15) is 4.31 Å². The van der Waals surface area contributed by atoms with Crippen LogP contribution in [0.4, 0.5) is 0 Å². The molecule has 3 fully saturated rings. The van der Waals surface area contributed by atoms with E-state index in [1.807, 2.05) is 26.0 Å². The molecule has 4 rings (SSSR count). The van der Waals surface area contributed by atoms with Crippen LogP contribution in [0.15, 0.2) is 29.2 Å². The van der Waals surface area contributed by atoms with Crippen molar-refractivity contribution < 1.29 is 8.42 Å². The summed E-state index contributed by atoms with van der Waals surface area (Å²) in [4.78, 5) is 0.402. The highest BCUT2D eigenvalue weighted by atomic mass is 32.2. The molecule has 0 saturated heterocycles. The molecular formula is C21H32N2O2S. The van der Waals surface area contributed by atoms with Gasteiger partial charge < -0.3 is 5.32 Å². The van der Waals surface area contributed by atoms with Crippen LogP contribution in [-0.4, -0.2) is 31.9 Å². The van der Waals surface area contributed by atoms with E-state index in [0.29, 0.717) is 24.0 Å². The summed E-state index contributed by atoms with van der Waals surface area (Å²) in [6.45, 7) is 5.62. The molecule has 0 amide bonds. The summed E-state index contributed by atoms with van der Waals surface area (Å²) in [5.74, 6) is 3.86. The van der Waals surface area contributed by atoms with E-state index in [2.05, 4.69) is 5.32 Å². The molecule has 3 aliphatic carbocycles. The summed E-state index contributed by atoms with van der Waals surface area (Å²) in [6.07, 6.45) is 7.15. The molecule has 0 heterocycles. The summed E-state index contributed by atoms with van der Waals surface area (Å²) in [6, 6.07) is 8.12. The first-order chi connectivity index (χ1) is 12.5. The van der Waals surface area contributed by atoms with E-state index in [-0.39, 0.29) is 0 Å². The number of nitrogens with one attached hydrogen (secondary N) is 1. The second-order valence-electron chi connectivity index (χ2n) is 8.37. The Kier molecular flexibility index (Phi) is 5.15. The molecule has 26 heavy (non-hydrogen) atoms. The van der Waals surface area contributed by atoms with Crippen molar-refractivity contribution in [3.8, 4) is 0 Å². The Labute approximate surface area is 158 Å². The van der Waals surface area contributed by atoms with Gasteiger partial charge in [0.1, 0.15) is 0 Å². The van der Waals surface area contributed by atoms with Gasteiger partial charge in [-0.3, -0.25) is 0 Å². The van der Waals surface area contributed by atoms with Crippen LogP contribution in [0.5, 0.6) is 0 Å². The molecule has 5 heteroatoms. The van der Waals surface area contributed by atoms with Crippen molar-refractivity contribution >= 4 is 10.0 Å². The average Bonchev–Trinajstić information content (AvgIpc) is 3.34. The lowest BCUT2D eigenvalue weighted by atomic mass is 9.79. The Bertz CT molecular complexity index is 727. The summed E-state index contributed by atoms with van der Waals surface area (Å²) in [5.41, 5.74) is 1.18. The van der Waals surface area contributed by atoms with E-state index < -0.39 is 10.0 Å². The maximum atomic E-state index is 12.6. The molecule has 1 aromatic carbocycles. The molecule has 0 spiro atoms. The minimum atomic E-state index is -3.35. The first-order valence-corrected chi connectivity index (χ1v) is 11.8. The molecule has 0 aliphatic heterocycles. The molecule has 144 valence electrons. The molecule has 0 unspecified atom stereocenters. The zero-order chi connectivity index (χ0) is 18.3. The lowest BCUT2D eigenvalue weighted by molar-refractivity contribution is 0.208. The Morgan fingerprint density at radius 1 is 1.00 bits per heavy atom. The summed E-state index contributed by atoms with van der Waals surface area (Å²) in [7, 11) is -3.35. The highest BCUT2D eigenvalue weighted by molar-refractivity contribution is 7.89. The Hall–Kier alpha value is -0.910. The molecule has 3 aliphatic rings. The van der Waals surface area contributed by atoms with Gasteiger partial charge in [0, 0.05) is 25.7 Å². The van der Waals surface area contributed by atoms with E-state index in [4.69, 9.17) is 0 Å². The van der Waals surface area contributed by atoms with Crippen molar-refractivity contribution in [3.63, 3.8) is 0 Å². The van der Waals surface area contributed by atoms with E-state index in [9.17, 15) is 8.42 Å². The van der Waals surface area contributed by atoms with Gasteiger partial charge in [0.2, 0.25) is 10.0 Å². The van der Waals surface area contributed by atoms with Gasteiger partial charge >= 0.3 is 0 Å². The van der Waals surface area contributed by atoms with Crippen LogP contribution in [0.2, 0.25) is 0 Å². The van der Waals surface area contributed by atoms with Crippen molar-refractivity contribution in [3.05, 3.63) is 29.8 Å². The Morgan fingerprint density at radius 3 is 2.38 bits per heavy atom. The lowest BCUT2D eigenvalue weighted by Gasteiger charge is -2.32. The van der Waals surface area contributed by atoms with Gasteiger partial charge in [-0.15, -0.1) is 0 Å². The van der Waals surface area contributed by atoms with Gasteiger partial charge in [0.05, 0.1) is 4.90 Å². The highest BCUT2D eigenvalue weighted by Crippen LogP contribution is 2.58. The van der Waals surface area contributed by atoms with Crippen LogP contribution in [0.1, 0.15) is 51.5 Å². The first kappa shape index (κ1) is 18.5. The molecule has 5 atom stereocenters. The summed E-state index contributed by atoms with van der Waals surface area (Å²) < 4.78 is 26.7. The zero-order valence-electron chi connectivity index (χ0n) is 16.0. The van der Waals surface area contributed by atoms with Crippen LogP contribution >= 0.6 is 0 Å². The number of hydrogen-bond acceptors (Lipinski definition) is 3. The number of rotatable bonds is 7. The van der Waals surface area contributed by atoms with Crippen molar-refractivity contribution in [2.45, 2.75) is 63.4 Å². The maximum Gasteiger partial charge on any atom is 0.243 e. The van der Waals surface area contributed by atoms with Crippen molar-refractivity contribution in [2.75, 3.05) is 13.1 Å². The highest BCUT2D eigenvalue weighted by Gasteiger charge is 2.53.